The Labute approximate surface area is 230 Å². The van der Waals surface area contributed by atoms with Gasteiger partial charge in [-0.25, -0.2) is 13.2 Å². The maximum Gasteiger partial charge on any atom is 0.253 e. The molecule has 1 aromatic heterocycles. The van der Waals surface area contributed by atoms with Crippen LogP contribution in [0.4, 0.5) is 13.2 Å². The van der Waals surface area contributed by atoms with Gasteiger partial charge >= 0.3 is 0 Å². The average Bonchev–Trinajstić information content (AvgIpc) is 3.72. The zero-order chi connectivity index (χ0) is 27.9. The van der Waals surface area contributed by atoms with Crippen LogP contribution in [0, 0.1) is 11.7 Å². The van der Waals surface area contributed by atoms with E-state index in [1.165, 1.54) is 17.0 Å². The highest BCUT2D eigenvalue weighted by Gasteiger charge is 2.35. The Balaban J connectivity index is 1.27. The third-order valence-corrected chi connectivity index (χ3v) is 7.69. The molecule has 8 heteroatoms. The molecule has 6 rings (SSSR count). The molecule has 5 nitrogen and oxygen atoms in total. The molecule has 2 amide bonds. The number of furan rings is 1. The summed E-state index contributed by atoms with van der Waals surface area (Å²) in [6.07, 6.45) is 1.81. The second-order valence-electron chi connectivity index (χ2n) is 10.7. The van der Waals surface area contributed by atoms with E-state index < -0.39 is 5.92 Å². The van der Waals surface area contributed by atoms with Gasteiger partial charge in [-0.15, -0.1) is 0 Å². The van der Waals surface area contributed by atoms with Crippen LogP contribution in [-0.4, -0.2) is 42.3 Å². The maximum atomic E-state index is 13.7. The molecule has 1 aliphatic carbocycles. The Morgan fingerprint density at radius 1 is 0.900 bits per heavy atom. The molecular formula is C32H29F3N2O3. The first kappa shape index (κ1) is 26.2. The summed E-state index contributed by atoms with van der Waals surface area (Å²) < 4.78 is 46.9. The van der Waals surface area contributed by atoms with Crippen LogP contribution >= 0.6 is 0 Å². The third kappa shape index (κ3) is 5.62. The van der Waals surface area contributed by atoms with E-state index in [0.29, 0.717) is 24.1 Å². The number of halogens is 3. The number of carbonyl (C=O) groups is 2. The first-order valence-electron chi connectivity index (χ1n) is 13.6. The zero-order valence-electron chi connectivity index (χ0n) is 21.9. The van der Waals surface area contributed by atoms with E-state index in [-0.39, 0.29) is 49.5 Å². The van der Waals surface area contributed by atoms with Gasteiger partial charge in [-0.1, -0.05) is 24.3 Å². The van der Waals surface area contributed by atoms with Gasteiger partial charge < -0.3 is 14.6 Å². The molecule has 0 atom stereocenters. The van der Waals surface area contributed by atoms with Crippen LogP contribution in [0.2, 0.25) is 0 Å². The fraction of sp³-hybridized carbons (Fsp3) is 0.312. The second-order valence-corrected chi connectivity index (χ2v) is 10.7. The standard InChI is InChI=1S/C32H29F3N2O3/c33-26-9-7-21(8-10-26)28-19-24(17-25-18-27(40-29(25)28)11-14-36-30(38)22-3-4-22)20-1-5-23(6-2-20)31(39)37-15-12-32(34,35)13-16-37/h1-2,5-10,17-19,22H,3-4,11-16H2,(H,36,38). The number of hydrogen-bond acceptors (Lipinski definition) is 3. The normalized spacial score (nSPS) is 16.7. The number of carbonyl (C=O) groups excluding carboxylic acids is 2. The monoisotopic (exact) mass is 546 g/mol. The minimum atomic E-state index is -2.71. The fourth-order valence-corrected chi connectivity index (χ4v) is 5.16. The molecule has 3 aromatic carbocycles. The molecule has 2 aliphatic rings. The van der Waals surface area contributed by atoms with E-state index in [4.69, 9.17) is 4.42 Å². The summed E-state index contributed by atoms with van der Waals surface area (Å²) in [4.78, 5) is 26.4. The number of amides is 2. The molecule has 2 heterocycles. The quantitative estimate of drug-likeness (QED) is 0.276. The van der Waals surface area contributed by atoms with Crippen LogP contribution in [-0.2, 0) is 11.2 Å². The van der Waals surface area contributed by atoms with Gasteiger partial charge in [0.1, 0.15) is 17.2 Å². The minimum absolute atomic E-state index is 0.0400. The maximum absolute atomic E-state index is 13.7. The molecule has 1 N–H and O–H groups in total. The van der Waals surface area contributed by atoms with Crippen molar-refractivity contribution in [1.82, 2.24) is 10.2 Å². The van der Waals surface area contributed by atoms with E-state index in [9.17, 15) is 22.8 Å². The van der Waals surface area contributed by atoms with Crippen LogP contribution in [0.25, 0.3) is 33.2 Å². The lowest BCUT2D eigenvalue weighted by Gasteiger charge is -2.31. The predicted octanol–water partition coefficient (Wildman–Crippen LogP) is 6.85. The minimum Gasteiger partial charge on any atom is -0.460 e. The Bertz CT molecular complexity index is 1550. The number of hydrogen-bond donors (Lipinski definition) is 1. The molecule has 1 aliphatic heterocycles. The van der Waals surface area contributed by atoms with E-state index in [2.05, 4.69) is 5.32 Å². The van der Waals surface area contributed by atoms with Gasteiger partial charge in [0.05, 0.1) is 0 Å². The SMILES string of the molecule is O=C(NCCc1cc2cc(-c3ccc(C(=O)N4CCC(F)(F)CC4)cc3)cc(-c3ccc(F)cc3)c2o1)C1CC1. The average molecular weight is 547 g/mol. The topological polar surface area (TPSA) is 62.6 Å². The van der Waals surface area contributed by atoms with Crippen molar-refractivity contribution in [3.8, 4) is 22.3 Å². The number of nitrogens with zero attached hydrogens (tertiary/aromatic N) is 1. The summed E-state index contributed by atoms with van der Waals surface area (Å²) >= 11 is 0. The van der Waals surface area contributed by atoms with Crippen LogP contribution in [0.3, 0.4) is 0 Å². The van der Waals surface area contributed by atoms with Crippen molar-refractivity contribution in [2.75, 3.05) is 19.6 Å². The molecule has 0 radical (unpaired) electrons. The van der Waals surface area contributed by atoms with Crippen LogP contribution < -0.4 is 5.32 Å². The lowest BCUT2D eigenvalue weighted by Crippen LogP contribution is -2.42. The highest BCUT2D eigenvalue weighted by atomic mass is 19.3. The van der Waals surface area contributed by atoms with E-state index >= 15 is 0 Å². The molecule has 40 heavy (non-hydrogen) atoms. The molecule has 0 spiro atoms. The first-order valence-corrected chi connectivity index (χ1v) is 13.6. The number of fused-ring (bicyclic) bond motifs is 1. The molecule has 2 fully saturated rings. The Morgan fingerprint density at radius 2 is 1.57 bits per heavy atom. The van der Waals surface area contributed by atoms with Gasteiger partial charge in [-0.05, 0) is 72.0 Å². The van der Waals surface area contributed by atoms with Crippen molar-refractivity contribution in [1.29, 1.82) is 0 Å². The van der Waals surface area contributed by atoms with Gasteiger partial charge in [0.25, 0.3) is 11.8 Å². The molecule has 206 valence electrons. The smallest absolute Gasteiger partial charge is 0.253 e. The van der Waals surface area contributed by atoms with Crippen molar-refractivity contribution < 1.29 is 27.2 Å². The number of likely N-dealkylation sites (tertiary alicyclic amines) is 1. The molecule has 1 saturated heterocycles. The van der Waals surface area contributed by atoms with Crippen molar-refractivity contribution in [3.05, 3.63) is 83.9 Å². The summed E-state index contributed by atoms with van der Waals surface area (Å²) in [5.74, 6) is -2.32. The summed E-state index contributed by atoms with van der Waals surface area (Å²) in [5.41, 5.74) is 4.48. The second kappa shape index (κ2) is 10.5. The van der Waals surface area contributed by atoms with Crippen molar-refractivity contribution in [2.24, 2.45) is 5.92 Å². The van der Waals surface area contributed by atoms with E-state index in [0.717, 1.165) is 46.2 Å². The summed E-state index contributed by atoms with van der Waals surface area (Å²) in [6, 6.07) is 19.3. The Hall–Kier alpha value is -4.07. The molecule has 4 aromatic rings. The van der Waals surface area contributed by atoms with E-state index in [1.807, 2.05) is 30.3 Å². The van der Waals surface area contributed by atoms with Crippen molar-refractivity contribution in [3.63, 3.8) is 0 Å². The van der Waals surface area contributed by atoms with Gasteiger partial charge in [0.2, 0.25) is 5.91 Å². The number of alkyl halides is 2. The number of nitrogens with one attached hydrogen (secondary N) is 1. The van der Waals surface area contributed by atoms with Crippen LogP contribution in [0.5, 0.6) is 0 Å². The van der Waals surface area contributed by atoms with Gasteiger partial charge in [-0.3, -0.25) is 9.59 Å². The largest absolute Gasteiger partial charge is 0.460 e. The number of rotatable bonds is 7. The summed E-state index contributed by atoms with van der Waals surface area (Å²) in [5, 5.41) is 3.83. The predicted molar refractivity (Wildman–Crippen MR) is 147 cm³/mol. The third-order valence-electron chi connectivity index (χ3n) is 7.69. The van der Waals surface area contributed by atoms with Crippen molar-refractivity contribution in [2.45, 2.75) is 38.0 Å². The van der Waals surface area contributed by atoms with Crippen LogP contribution in [0.1, 0.15) is 41.8 Å². The van der Waals surface area contributed by atoms with Gasteiger partial charge in [0.15, 0.2) is 0 Å². The highest BCUT2D eigenvalue weighted by Crippen LogP contribution is 2.37. The zero-order valence-corrected chi connectivity index (χ0v) is 21.9. The fourth-order valence-electron chi connectivity index (χ4n) is 5.16. The lowest BCUT2D eigenvalue weighted by atomic mass is 9.96. The number of benzene rings is 3. The van der Waals surface area contributed by atoms with Crippen molar-refractivity contribution >= 4 is 22.8 Å². The van der Waals surface area contributed by atoms with Gasteiger partial charge in [-0.2, -0.15) is 0 Å². The van der Waals surface area contributed by atoms with E-state index in [1.54, 1.807) is 24.3 Å². The molecule has 1 saturated carbocycles. The Morgan fingerprint density at radius 3 is 2.25 bits per heavy atom. The first-order chi connectivity index (χ1) is 19.3. The Kier molecular flexibility index (Phi) is 6.86. The highest BCUT2D eigenvalue weighted by molar-refractivity contribution is 5.98. The summed E-state index contributed by atoms with van der Waals surface area (Å²) in [6.45, 7) is 0.564. The molecular weight excluding hydrogens is 517 g/mol. The molecule has 0 bridgehead atoms. The molecule has 0 unspecified atom stereocenters. The lowest BCUT2D eigenvalue weighted by molar-refractivity contribution is -0.122. The number of piperidine rings is 1. The van der Waals surface area contributed by atoms with Gasteiger partial charge in [0, 0.05) is 61.3 Å². The van der Waals surface area contributed by atoms with Crippen LogP contribution in [0.15, 0.2) is 71.1 Å². The summed E-state index contributed by atoms with van der Waals surface area (Å²) in [7, 11) is 0.